The maximum Gasteiger partial charge on any atom is 0.228 e. The van der Waals surface area contributed by atoms with Crippen LogP contribution in [0.3, 0.4) is 0 Å². The van der Waals surface area contributed by atoms with Crippen LogP contribution >= 0.6 is 12.4 Å². The van der Waals surface area contributed by atoms with Crippen molar-refractivity contribution in [2.45, 2.75) is 39.2 Å². The number of aromatic nitrogens is 2. The molecule has 1 aromatic heterocycles. The predicted octanol–water partition coefficient (Wildman–Crippen LogP) is 1.60. The van der Waals surface area contributed by atoms with E-state index in [0.29, 0.717) is 13.1 Å². The Labute approximate surface area is 167 Å². The summed E-state index contributed by atoms with van der Waals surface area (Å²) < 4.78 is 1.98. The van der Waals surface area contributed by atoms with E-state index in [0.717, 1.165) is 44.7 Å². The average molecular weight is 398 g/mol. The first-order valence-electron chi connectivity index (χ1n) is 9.80. The molecule has 1 aromatic rings. The van der Waals surface area contributed by atoms with Crippen molar-refractivity contribution in [3.63, 3.8) is 0 Å². The van der Waals surface area contributed by atoms with Crippen molar-refractivity contribution in [2.75, 3.05) is 32.7 Å². The highest BCUT2D eigenvalue weighted by Crippen LogP contribution is 2.27. The molecule has 2 aliphatic rings. The third-order valence-electron chi connectivity index (χ3n) is 5.80. The van der Waals surface area contributed by atoms with Crippen LogP contribution in [0.15, 0.2) is 12.4 Å². The van der Waals surface area contributed by atoms with E-state index < -0.39 is 0 Å². The Morgan fingerprint density at radius 1 is 1.37 bits per heavy atom. The minimum atomic E-state index is -0.0994. The summed E-state index contributed by atoms with van der Waals surface area (Å²) in [5, 5.41) is 3.38. The van der Waals surface area contributed by atoms with E-state index in [1.54, 1.807) is 6.20 Å². The Bertz CT molecular complexity index is 650. The summed E-state index contributed by atoms with van der Waals surface area (Å²) in [4.78, 5) is 34.2. The van der Waals surface area contributed by atoms with Crippen molar-refractivity contribution < 1.29 is 9.59 Å². The number of halogens is 1. The number of aryl methyl sites for hydroxylation is 1. The highest BCUT2D eigenvalue weighted by molar-refractivity contribution is 5.85. The second-order valence-corrected chi connectivity index (χ2v) is 7.58. The minimum absolute atomic E-state index is 0. The molecule has 7 nitrogen and oxygen atoms in total. The number of likely N-dealkylation sites (tertiary alicyclic amines) is 1. The third kappa shape index (κ3) is 4.63. The van der Waals surface area contributed by atoms with E-state index in [1.165, 1.54) is 0 Å². The van der Waals surface area contributed by atoms with E-state index in [2.05, 4.69) is 10.3 Å². The zero-order valence-electron chi connectivity index (χ0n) is 16.6. The van der Waals surface area contributed by atoms with Crippen molar-refractivity contribution in [2.24, 2.45) is 18.9 Å². The summed E-state index contributed by atoms with van der Waals surface area (Å²) in [5.41, 5.74) is 0. The molecule has 8 heteroatoms. The molecule has 0 radical (unpaired) electrons. The normalized spacial score (nSPS) is 24.3. The maximum atomic E-state index is 13.3. The number of hydrogen-bond donors (Lipinski definition) is 1. The topological polar surface area (TPSA) is 70.5 Å². The highest BCUT2D eigenvalue weighted by atomic mass is 35.5. The number of hydrogen-bond acceptors (Lipinski definition) is 4. The number of piperazine rings is 1. The van der Waals surface area contributed by atoms with Crippen LogP contribution in [-0.4, -0.2) is 63.9 Å². The largest absolute Gasteiger partial charge is 0.342 e. The SMILES string of the molecule is CCC(C)C(=O)N1CCCC(C(=O)N2CCNCC2c2nccn2C)C1.Cl. The summed E-state index contributed by atoms with van der Waals surface area (Å²) in [6, 6.07) is -0.0445. The number of nitrogens with zero attached hydrogens (tertiary/aromatic N) is 4. The van der Waals surface area contributed by atoms with Gasteiger partial charge in [-0.3, -0.25) is 9.59 Å². The van der Waals surface area contributed by atoms with Crippen molar-refractivity contribution in [1.29, 1.82) is 0 Å². The summed E-state index contributed by atoms with van der Waals surface area (Å²) in [6.45, 7) is 7.55. The molecule has 27 heavy (non-hydrogen) atoms. The molecule has 3 unspecified atom stereocenters. The molecule has 0 saturated carbocycles. The van der Waals surface area contributed by atoms with Crippen LogP contribution in [0.5, 0.6) is 0 Å². The van der Waals surface area contributed by atoms with Gasteiger partial charge in [0.1, 0.15) is 11.9 Å². The molecule has 0 aromatic carbocycles. The van der Waals surface area contributed by atoms with Gasteiger partial charge in [-0.2, -0.15) is 0 Å². The number of amides is 2. The molecule has 2 saturated heterocycles. The van der Waals surface area contributed by atoms with Gasteiger partial charge in [-0.05, 0) is 19.3 Å². The number of imidazole rings is 1. The summed E-state index contributed by atoms with van der Waals surface area (Å²) >= 11 is 0. The van der Waals surface area contributed by atoms with Gasteiger partial charge in [-0.25, -0.2) is 4.98 Å². The van der Waals surface area contributed by atoms with Gasteiger partial charge in [0.25, 0.3) is 0 Å². The molecule has 2 aliphatic heterocycles. The van der Waals surface area contributed by atoms with Gasteiger partial charge in [0.05, 0.1) is 5.92 Å². The second kappa shape index (κ2) is 9.55. The maximum absolute atomic E-state index is 13.3. The Kier molecular flexibility index (Phi) is 7.68. The van der Waals surface area contributed by atoms with Gasteiger partial charge < -0.3 is 19.7 Å². The fraction of sp³-hybridized carbons (Fsp3) is 0.737. The highest BCUT2D eigenvalue weighted by Gasteiger charge is 2.37. The Morgan fingerprint density at radius 2 is 2.15 bits per heavy atom. The summed E-state index contributed by atoms with van der Waals surface area (Å²) in [6.07, 6.45) is 6.30. The molecule has 2 amide bonds. The van der Waals surface area contributed by atoms with Crippen LogP contribution in [0.4, 0.5) is 0 Å². The van der Waals surface area contributed by atoms with Crippen molar-refractivity contribution in [1.82, 2.24) is 24.7 Å². The molecule has 3 atom stereocenters. The molecular weight excluding hydrogens is 366 g/mol. The zero-order valence-corrected chi connectivity index (χ0v) is 17.4. The van der Waals surface area contributed by atoms with E-state index in [9.17, 15) is 9.59 Å². The molecule has 2 fully saturated rings. The molecule has 1 N–H and O–H groups in total. The Morgan fingerprint density at radius 3 is 2.81 bits per heavy atom. The Hall–Kier alpha value is -1.60. The lowest BCUT2D eigenvalue weighted by Gasteiger charge is -2.40. The quantitative estimate of drug-likeness (QED) is 0.837. The average Bonchev–Trinajstić information content (AvgIpc) is 3.12. The first-order valence-corrected chi connectivity index (χ1v) is 9.80. The fourth-order valence-electron chi connectivity index (χ4n) is 4.00. The zero-order chi connectivity index (χ0) is 18.7. The fourth-order valence-corrected chi connectivity index (χ4v) is 4.00. The molecule has 3 rings (SSSR count). The van der Waals surface area contributed by atoms with Gasteiger partial charge >= 0.3 is 0 Å². The number of nitrogens with one attached hydrogen (secondary N) is 1. The van der Waals surface area contributed by atoms with E-state index in [-0.39, 0.29) is 42.1 Å². The third-order valence-corrected chi connectivity index (χ3v) is 5.80. The van der Waals surface area contributed by atoms with Crippen LogP contribution in [0.1, 0.15) is 45.0 Å². The van der Waals surface area contributed by atoms with Crippen molar-refractivity contribution in [3.05, 3.63) is 18.2 Å². The Balaban J connectivity index is 0.00000261. The van der Waals surface area contributed by atoms with Crippen LogP contribution in [0.2, 0.25) is 0 Å². The number of rotatable bonds is 4. The number of piperidine rings is 1. The van der Waals surface area contributed by atoms with Gasteiger partial charge in [0.15, 0.2) is 0 Å². The van der Waals surface area contributed by atoms with Crippen molar-refractivity contribution >= 4 is 24.2 Å². The standard InChI is InChI=1S/C19H31N5O2.ClH/c1-4-14(2)18(25)23-9-5-6-15(13-23)19(26)24-11-7-20-12-16(24)17-21-8-10-22(17)3;/h8,10,14-16,20H,4-7,9,11-13H2,1-3H3;1H. The van der Waals surface area contributed by atoms with Gasteiger partial charge in [0, 0.05) is 58.1 Å². The molecular formula is C19H32ClN5O2. The van der Waals surface area contributed by atoms with E-state index >= 15 is 0 Å². The first-order chi connectivity index (χ1) is 12.5. The monoisotopic (exact) mass is 397 g/mol. The first kappa shape index (κ1) is 21.7. The van der Waals surface area contributed by atoms with Gasteiger partial charge in [-0.15, -0.1) is 12.4 Å². The summed E-state index contributed by atoms with van der Waals surface area (Å²) in [7, 11) is 1.97. The van der Waals surface area contributed by atoms with Crippen molar-refractivity contribution in [3.8, 4) is 0 Å². The molecule has 3 heterocycles. The lowest BCUT2D eigenvalue weighted by Crippen LogP contribution is -2.54. The number of carbonyl (C=O) groups is 2. The van der Waals surface area contributed by atoms with Crippen LogP contribution in [0.25, 0.3) is 0 Å². The number of carbonyl (C=O) groups excluding carboxylic acids is 2. The van der Waals surface area contributed by atoms with Gasteiger partial charge in [0.2, 0.25) is 11.8 Å². The van der Waals surface area contributed by atoms with Crippen LogP contribution in [0, 0.1) is 11.8 Å². The van der Waals surface area contributed by atoms with E-state index in [4.69, 9.17) is 0 Å². The molecule has 152 valence electrons. The van der Waals surface area contributed by atoms with Gasteiger partial charge in [-0.1, -0.05) is 13.8 Å². The predicted molar refractivity (Wildman–Crippen MR) is 107 cm³/mol. The van der Waals surface area contributed by atoms with Crippen LogP contribution < -0.4 is 5.32 Å². The van der Waals surface area contributed by atoms with Crippen LogP contribution in [-0.2, 0) is 16.6 Å². The van der Waals surface area contributed by atoms with E-state index in [1.807, 2.05) is 41.5 Å². The lowest BCUT2D eigenvalue weighted by atomic mass is 9.94. The molecule has 0 aliphatic carbocycles. The molecule has 0 spiro atoms. The lowest BCUT2D eigenvalue weighted by molar-refractivity contribution is -0.145. The molecule has 0 bridgehead atoms. The second-order valence-electron chi connectivity index (χ2n) is 7.58. The smallest absolute Gasteiger partial charge is 0.228 e. The minimum Gasteiger partial charge on any atom is -0.342 e. The summed E-state index contributed by atoms with van der Waals surface area (Å²) in [5.74, 6) is 1.20.